The molecule has 0 aliphatic heterocycles. The molecule has 1 aromatic carbocycles. The lowest BCUT2D eigenvalue weighted by Crippen LogP contribution is -2.35. The molecule has 20 heavy (non-hydrogen) atoms. The highest BCUT2D eigenvalue weighted by Gasteiger charge is 2.21. The van der Waals surface area contributed by atoms with Crippen LogP contribution >= 0.6 is 23.2 Å². The standard InChI is InChI=1S/C12H13Cl2N3O2S/c1-9(7-17-6-5-15-8-17)16-20(18,19)11-4-2-3-10(13)12(11)14/h2-6,8-9,16H,7H2,1H3/t9-/m0/s1. The molecule has 2 aromatic rings. The van der Waals surface area contributed by atoms with Gasteiger partial charge in [0, 0.05) is 25.0 Å². The van der Waals surface area contributed by atoms with Crippen LogP contribution in [-0.2, 0) is 16.6 Å². The number of sulfonamides is 1. The second-order valence-corrected chi connectivity index (χ2v) is 6.80. The van der Waals surface area contributed by atoms with E-state index in [1.165, 1.54) is 12.1 Å². The normalized spacial score (nSPS) is 13.3. The predicted molar refractivity (Wildman–Crippen MR) is 78.5 cm³/mol. The Morgan fingerprint density at radius 3 is 2.80 bits per heavy atom. The number of hydrogen-bond donors (Lipinski definition) is 1. The highest BCUT2D eigenvalue weighted by atomic mass is 35.5. The molecule has 0 bridgehead atoms. The van der Waals surface area contributed by atoms with Gasteiger partial charge in [-0.05, 0) is 19.1 Å². The van der Waals surface area contributed by atoms with E-state index in [0.717, 1.165) is 0 Å². The molecular weight excluding hydrogens is 321 g/mol. The minimum absolute atomic E-state index is 0.0239. The summed E-state index contributed by atoms with van der Waals surface area (Å²) in [5.41, 5.74) is 0. The van der Waals surface area contributed by atoms with Crippen molar-refractivity contribution in [2.75, 3.05) is 0 Å². The van der Waals surface area contributed by atoms with Crippen molar-refractivity contribution in [1.82, 2.24) is 14.3 Å². The number of benzene rings is 1. The SMILES string of the molecule is C[C@@H](Cn1ccnc1)NS(=O)(=O)c1cccc(Cl)c1Cl. The Balaban J connectivity index is 2.16. The fourth-order valence-corrected chi connectivity index (χ4v) is 3.76. The molecule has 0 radical (unpaired) electrons. The van der Waals surface area contributed by atoms with Crippen LogP contribution in [0, 0.1) is 0 Å². The smallest absolute Gasteiger partial charge is 0.242 e. The average molecular weight is 334 g/mol. The zero-order chi connectivity index (χ0) is 14.8. The van der Waals surface area contributed by atoms with Crippen LogP contribution < -0.4 is 4.72 Å². The van der Waals surface area contributed by atoms with Gasteiger partial charge in [0.2, 0.25) is 10.0 Å². The molecule has 0 fully saturated rings. The van der Waals surface area contributed by atoms with E-state index in [0.29, 0.717) is 6.54 Å². The molecule has 1 aromatic heterocycles. The maximum atomic E-state index is 12.3. The minimum atomic E-state index is -3.72. The van der Waals surface area contributed by atoms with Gasteiger partial charge < -0.3 is 4.57 Å². The summed E-state index contributed by atoms with van der Waals surface area (Å²) >= 11 is 11.8. The van der Waals surface area contributed by atoms with Gasteiger partial charge in [-0.15, -0.1) is 0 Å². The first-order valence-electron chi connectivity index (χ1n) is 5.82. The second kappa shape index (κ2) is 6.13. The lowest BCUT2D eigenvalue weighted by Gasteiger charge is -2.15. The van der Waals surface area contributed by atoms with Crippen molar-refractivity contribution in [3.05, 3.63) is 47.0 Å². The van der Waals surface area contributed by atoms with Gasteiger partial charge in [-0.3, -0.25) is 0 Å². The summed E-state index contributed by atoms with van der Waals surface area (Å²) in [7, 11) is -3.72. The molecule has 0 spiro atoms. The molecule has 1 N–H and O–H groups in total. The van der Waals surface area contributed by atoms with Crippen LogP contribution in [0.5, 0.6) is 0 Å². The molecule has 0 saturated carbocycles. The van der Waals surface area contributed by atoms with Crippen molar-refractivity contribution in [1.29, 1.82) is 0 Å². The number of imidazole rings is 1. The van der Waals surface area contributed by atoms with Crippen molar-refractivity contribution >= 4 is 33.2 Å². The van der Waals surface area contributed by atoms with Crippen LogP contribution in [-0.4, -0.2) is 24.0 Å². The highest BCUT2D eigenvalue weighted by molar-refractivity contribution is 7.89. The lowest BCUT2D eigenvalue weighted by molar-refractivity contribution is 0.520. The summed E-state index contributed by atoms with van der Waals surface area (Å²) < 4.78 is 28.9. The van der Waals surface area contributed by atoms with Crippen LogP contribution in [0.3, 0.4) is 0 Å². The van der Waals surface area contributed by atoms with Crippen molar-refractivity contribution in [3.63, 3.8) is 0 Å². The summed E-state index contributed by atoms with van der Waals surface area (Å²) in [4.78, 5) is 3.88. The van der Waals surface area contributed by atoms with Crippen molar-refractivity contribution < 1.29 is 8.42 Å². The van der Waals surface area contributed by atoms with E-state index >= 15 is 0 Å². The van der Waals surface area contributed by atoms with Crippen molar-refractivity contribution in [3.8, 4) is 0 Å². The van der Waals surface area contributed by atoms with E-state index in [9.17, 15) is 8.42 Å². The number of rotatable bonds is 5. The maximum absolute atomic E-state index is 12.3. The van der Waals surface area contributed by atoms with Gasteiger partial charge in [0.25, 0.3) is 0 Å². The zero-order valence-corrected chi connectivity index (χ0v) is 13.0. The van der Waals surface area contributed by atoms with Gasteiger partial charge in [-0.1, -0.05) is 29.3 Å². The Bertz CT molecular complexity index is 687. The molecule has 5 nitrogen and oxygen atoms in total. The largest absolute Gasteiger partial charge is 0.336 e. The molecule has 0 unspecified atom stereocenters. The summed E-state index contributed by atoms with van der Waals surface area (Å²) in [6.07, 6.45) is 5.02. The zero-order valence-electron chi connectivity index (χ0n) is 10.6. The quantitative estimate of drug-likeness (QED) is 0.914. The third-order valence-corrected chi connectivity index (χ3v) is 5.17. The molecule has 8 heteroatoms. The number of aromatic nitrogens is 2. The Labute approximate surface area is 127 Å². The van der Waals surface area contributed by atoms with Crippen molar-refractivity contribution in [2.45, 2.75) is 24.4 Å². The Hall–Kier alpha value is -1.08. The number of halogens is 2. The third-order valence-electron chi connectivity index (χ3n) is 2.61. The average Bonchev–Trinajstić information content (AvgIpc) is 2.84. The molecule has 0 saturated heterocycles. The van der Waals surface area contributed by atoms with Crippen LogP contribution in [0.4, 0.5) is 0 Å². The number of hydrogen-bond acceptors (Lipinski definition) is 3. The predicted octanol–water partition coefficient (Wildman–Crippen LogP) is 2.56. The fourth-order valence-electron chi connectivity index (χ4n) is 1.77. The molecule has 0 amide bonds. The van der Waals surface area contributed by atoms with Crippen LogP contribution in [0.2, 0.25) is 10.0 Å². The Morgan fingerprint density at radius 2 is 2.15 bits per heavy atom. The van der Waals surface area contributed by atoms with E-state index in [1.807, 2.05) is 0 Å². The summed E-state index contributed by atoms with van der Waals surface area (Å²) in [5, 5.41) is 0.230. The fraction of sp³-hybridized carbons (Fsp3) is 0.250. The van der Waals surface area contributed by atoms with Gasteiger partial charge in [0.1, 0.15) is 4.90 Å². The summed E-state index contributed by atoms with van der Waals surface area (Å²) in [6, 6.07) is 4.19. The molecular formula is C12H13Cl2N3O2S. The van der Waals surface area contributed by atoms with Crippen LogP contribution in [0.15, 0.2) is 41.8 Å². The van der Waals surface area contributed by atoms with Crippen molar-refractivity contribution in [2.24, 2.45) is 0 Å². The Morgan fingerprint density at radius 1 is 1.40 bits per heavy atom. The minimum Gasteiger partial charge on any atom is -0.336 e. The molecule has 0 aliphatic rings. The highest BCUT2D eigenvalue weighted by Crippen LogP contribution is 2.28. The topological polar surface area (TPSA) is 64.0 Å². The van der Waals surface area contributed by atoms with Gasteiger partial charge in [-0.2, -0.15) is 0 Å². The lowest BCUT2D eigenvalue weighted by atomic mass is 10.4. The van der Waals surface area contributed by atoms with E-state index in [2.05, 4.69) is 9.71 Å². The van der Waals surface area contributed by atoms with Crippen LogP contribution in [0.1, 0.15) is 6.92 Å². The van der Waals surface area contributed by atoms with Gasteiger partial charge in [0.05, 0.1) is 16.4 Å². The molecule has 2 rings (SSSR count). The van der Waals surface area contributed by atoms with E-state index in [1.54, 1.807) is 36.3 Å². The first kappa shape index (κ1) is 15.3. The second-order valence-electron chi connectivity index (χ2n) is 4.33. The molecule has 108 valence electrons. The van der Waals surface area contributed by atoms with E-state index in [4.69, 9.17) is 23.2 Å². The molecule has 0 aliphatic carbocycles. The van der Waals surface area contributed by atoms with E-state index < -0.39 is 10.0 Å². The van der Waals surface area contributed by atoms with Gasteiger partial charge >= 0.3 is 0 Å². The first-order chi connectivity index (χ1) is 9.40. The Kier molecular flexibility index (Phi) is 4.70. The monoisotopic (exact) mass is 333 g/mol. The summed E-state index contributed by atoms with van der Waals surface area (Å²) in [6.45, 7) is 2.23. The molecule has 1 atom stereocenters. The summed E-state index contributed by atoms with van der Waals surface area (Å²) in [5.74, 6) is 0. The third kappa shape index (κ3) is 3.52. The number of nitrogens with one attached hydrogen (secondary N) is 1. The molecule has 1 heterocycles. The maximum Gasteiger partial charge on any atom is 0.242 e. The van der Waals surface area contributed by atoms with Gasteiger partial charge in [0.15, 0.2) is 0 Å². The van der Waals surface area contributed by atoms with Crippen LogP contribution in [0.25, 0.3) is 0 Å². The van der Waals surface area contributed by atoms with Gasteiger partial charge in [-0.25, -0.2) is 18.1 Å². The number of nitrogens with zero attached hydrogens (tertiary/aromatic N) is 2. The first-order valence-corrected chi connectivity index (χ1v) is 8.06. The van der Waals surface area contributed by atoms with E-state index in [-0.39, 0.29) is 21.0 Å².